The van der Waals surface area contributed by atoms with Crippen LogP contribution in [0.5, 0.6) is 5.75 Å². The van der Waals surface area contributed by atoms with Crippen molar-refractivity contribution >= 4 is 33.4 Å². The first-order valence-electron chi connectivity index (χ1n) is 6.58. The zero-order valence-electron chi connectivity index (χ0n) is 11.3. The molecule has 0 aromatic heterocycles. The van der Waals surface area contributed by atoms with Gasteiger partial charge in [-0.15, -0.1) is 11.8 Å². The minimum Gasteiger partial charge on any atom is -0.493 e. The van der Waals surface area contributed by atoms with Gasteiger partial charge in [0.15, 0.2) is 0 Å². The zero-order valence-corrected chi connectivity index (χ0v) is 13.7. The topological polar surface area (TPSA) is 21.3 Å². The summed E-state index contributed by atoms with van der Waals surface area (Å²) in [5.74, 6) is 1.06. The van der Waals surface area contributed by atoms with Gasteiger partial charge >= 0.3 is 0 Å². The minimum absolute atomic E-state index is 0.778. The van der Waals surface area contributed by atoms with E-state index < -0.39 is 0 Å². The number of halogens is 1. The van der Waals surface area contributed by atoms with E-state index in [1.165, 1.54) is 16.0 Å². The van der Waals surface area contributed by atoms with E-state index in [9.17, 15) is 0 Å². The molecule has 2 aromatic carbocycles. The molecule has 1 heterocycles. The van der Waals surface area contributed by atoms with Crippen LogP contribution in [0.25, 0.3) is 0 Å². The second kappa shape index (κ2) is 6.10. The maximum absolute atomic E-state index is 5.75. The summed E-state index contributed by atoms with van der Waals surface area (Å²) >= 11 is 5.33. The van der Waals surface area contributed by atoms with Crippen LogP contribution in [0, 0.1) is 0 Å². The van der Waals surface area contributed by atoms with Crippen LogP contribution < -0.4 is 10.1 Å². The number of nitrogens with one attached hydrogen (secondary N) is 1. The smallest absolute Gasteiger partial charge is 0.127 e. The second-order valence-electron chi connectivity index (χ2n) is 4.73. The summed E-state index contributed by atoms with van der Waals surface area (Å²) in [5, 5.41) is 3.46. The molecule has 0 bridgehead atoms. The second-order valence-corrected chi connectivity index (χ2v) is 6.53. The SMILES string of the molecule is CSc1ccc(NCc2cc(Br)cc3c2OCC3)cc1. The molecule has 0 aliphatic carbocycles. The molecule has 20 heavy (non-hydrogen) atoms. The number of hydrogen-bond acceptors (Lipinski definition) is 3. The normalized spacial score (nSPS) is 12.9. The van der Waals surface area contributed by atoms with Gasteiger partial charge in [0.25, 0.3) is 0 Å². The molecule has 0 atom stereocenters. The Balaban J connectivity index is 1.75. The monoisotopic (exact) mass is 349 g/mol. The first-order chi connectivity index (χ1) is 9.76. The first-order valence-corrected chi connectivity index (χ1v) is 8.60. The highest BCUT2D eigenvalue weighted by Gasteiger charge is 2.17. The average molecular weight is 350 g/mol. The lowest BCUT2D eigenvalue weighted by molar-refractivity contribution is 0.354. The van der Waals surface area contributed by atoms with E-state index in [0.717, 1.165) is 35.5 Å². The van der Waals surface area contributed by atoms with E-state index in [0.29, 0.717) is 0 Å². The van der Waals surface area contributed by atoms with E-state index in [1.54, 1.807) is 11.8 Å². The van der Waals surface area contributed by atoms with Crippen molar-refractivity contribution in [3.8, 4) is 5.75 Å². The molecule has 0 unspecified atom stereocenters. The first kappa shape index (κ1) is 13.8. The molecule has 0 radical (unpaired) electrons. The van der Waals surface area contributed by atoms with Crippen LogP contribution in [0.4, 0.5) is 5.69 Å². The third kappa shape index (κ3) is 2.96. The Bertz CT molecular complexity index is 613. The summed E-state index contributed by atoms with van der Waals surface area (Å²) in [5.41, 5.74) is 3.64. The minimum atomic E-state index is 0.778. The molecule has 2 aromatic rings. The molecule has 0 saturated heterocycles. The van der Waals surface area contributed by atoms with Crippen LogP contribution in [0.3, 0.4) is 0 Å². The largest absolute Gasteiger partial charge is 0.493 e. The van der Waals surface area contributed by atoms with Crippen molar-refractivity contribution in [3.05, 3.63) is 52.0 Å². The fraction of sp³-hybridized carbons (Fsp3) is 0.250. The molecule has 0 amide bonds. The number of rotatable bonds is 4. The standard InChI is InChI=1S/C16H16BrNOS/c1-20-15-4-2-14(3-5-15)18-10-12-9-13(17)8-11-6-7-19-16(11)12/h2-5,8-9,18H,6-7,10H2,1H3. The number of hydrogen-bond donors (Lipinski definition) is 1. The lowest BCUT2D eigenvalue weighted by atomic mass is 10.1. The predicted octanol–water partition coefficient (Wildman–Crippen LogP) is 4.72. The molecular weight excluding hydrogens is 334 g/mol. The van der Waals surface area contributed by atoms with Crippen molar-refractivity contribution in [2.45, 2.75) is 17.9 Å². The lowest BCUT2D eigenvalue weighted by Gasteiger charge is -2.11. The highest BCUT2D eigenvalue weighted by Crippen LogP contribution is 2.33. The highest BCUT2D eigenvalue weighted by molar-refractivity contribution is 9.10. The number of ether oxygens (including phenoxy) is 1. The van der Waals surface area contributed by atoms with Crippen molar-refractivity contribution in [1.29, 1.82) is 0 Å². The molecule has 4 heteroatoms. The number of anilines is 1. The fourth-order valence-electron chi connectivity index (χ4n) is 2.38. The van der Waals surface area contributed by atoms with Gasteiger partial charge in [-0.2, -0.15) is 0 Å². The van der Waals surface area contributed by atoms with Gasteiger partial charge in [0.05, 0.1) is 6.61 Å². The summed E-state index contributed by atoms with van der Waals surface area (Å²) in [6.45, 7) is 1.57. The number of fused-ring (bicyclic) bond motifs is 1. The maximum Gasteiger partial charge on any atom is 0.127 e. The van der Waals surface area contributed by atoms with Crippen molar-refractivity contribution in [1.82, 2.24) is 0 Å². The molecular formula is C16H16BrNOS. The van der Waals surface area contributed by atoms with Gasteiger partial charge in [-0.1, -0.05) is 15.9 Å². The van der Waals surface area contributed by atoms with E-state index in [4.69, 9.17) is 4.74 Å². The molecule has 0 spiro atoms. The Kier molecular flexibility index (Phi) is 4.22. The van der Waals surface area contributed by atoms with Crippen LogP contribution >= 0.6 is 27.7 Å². The van der Waals surface area contributed by atoms with E-state index in [-0.39, 0.29) is 0 Å². The van der Waals surface area contributed by atoms with Crippen LogP contribution in [0.15, 0.2) is 45.8 Å². The van der Waals surface area contributed by atoms with Crippen LogP contribution in [0.1, 0.15) is 11.1 Å². The van der Waals surface area contributed by atoms with Crippen LogP contribution in [-0.4, -0.2) is 12.9 Å². The van der Waals surface area contributed by atoms with Crippen molar-refractivity contribution < 1.29 is 4.74 Å². The summed E-state index contributed by atoms with van der Waals surface area (Å²) in [7, 11) is 0. The van der Waals surface area contributed by atoms with Gasteiger partial charge in [-0.3, -0.25) is 0 Å². The van der Waals surface area contributed by atoms with Gasteiger partial charge in [0, 0.05) is 33.6 Å². The highest BCUT2D eigenvalue weighted by atomic mass is 79.9. The van der Waals surface area contributed by atoms with Crippen molar-refractivity contribution in [3.63, 3.8) is 0 Å². The summed E-state index contributed by atoms with van der Waals surface area (Å²) in [6.07, 6.45) is 3.09. The van der Waals surface area contributed by atoms with Crippen LogP contribution in [0.2, 0.25) is 0 Å². The third-order valence-corrected chi connectivity index (χ3v) is 4.60. The summed E-state index contributed by atoms with van der Waals surface area (Å²) < 4.78 is 6.87. The van der Waals surface area contributed by atoms with Gasteiger partial charge in [0.2, 0.25) is 0 Å². The molecule has 2 nitrogen and oxygen atoms in total. The third-order valence-electron chi connectivity index (χ3n) is 3.40. The molecule has 3 rings (SSSR count). The summed E-state index contributed by atoms with van der Waals surface area (Å²) in [6, 6.07) is 12.8. The van der Waals surface area contributed by atoms with Crippen LogP contribution in [-0.2, 0) is 13.0 Å². The molecule has 0 saturated carbocycles. The van der Waals surface area contributed by atoms with Crippen molar-refractivity contribution in [2.75, 3.05) is 18.2 Å². The van der Waals surface area contributed by atoms with Gasteiger partial charge in [0.1, 0.15) is 5.75 Å². The molecule has 1 N–H and O–H groups in total. The van der Waals surface area contributed by atoms with E-state index >= 15 is 0 Å². The maximum atomic E-state index is 5.75. The zero-order chi connectivity index (χ0) is 13.9. The Morgan fingerprint density at radius 2 is 2.05 bits per heavy atom. The Labute approximate surface area is 132 Å². The Morgan fingerprint density at radius 3 is 2.80 bits per heavy atom. The van der Waals surface area contributed by atoms with E-state index in [2.05, 4.69) is 63.9 Å². The summed E-state index contributed by atoms with van der Waals surface area (Å²) in [4.78, 5) is 1.28. The average Bonchev–Trinajstić information content (AvgIpc) is 2.93. The predicted molar refractivity (Wildman–Crippen MR) is 88.9 cm³/mol. The molecule has 1 aliphatic heterocycles. The number of benzene rings is 2. The van der Waals surface area contributed by atoms with Gasteiger partial charge < -0.3 is 10.1 Å². The number of thioether (sulfide) groups is 1. The Hall–Kier alpha value is -1.13. The quantitative estimate of drug-likeness (QED) is 0.807. The molecule has 104 valence electrons. The fourth-order valence-corrected chi connectivity index (χ4v) is 3.34. The molecule has 1 aliphatic rings. The van der Waals surface area contributed by atoms with E-state index in [1.807, 2.05) is 0 Å². The lowest BCUT2D eigenvalue weighted by Crippen LogP contribution is -2.01. The van der Waals surface area contributed by atoms with Gasteiger partial charge in [-0.25, -0.2) is 0 Å². The molecule has 0 fully saturated rings. The van der Waals surface area contributed by atoms with Gasteiger partial charge in [-0.05, 0) is 48.2 Å². The van der Waals surface area contributed by atoms with Crippen molar-refractivity contribution in [2.24, 2.45) is 0 Å². The Morgan fingerprint density at radius 1 is 1.25 bits per heavy atom.